The first kappa shape index (κ1) is 12.4. The van der Waals surface area contributed by atoms with Gasteiger partial charge in [0.2, 0.25) is 5.91 Å². The molecule has 1 rings (SSSR count). The largest absolute Gasteiger partial charge is 0.352 e. The van der Waals surface area contributed by atoms with E-state index in [1.165, 1.54) is 18.2 Å². The molecule has 1 aromatic rings. The second kappa shape index (κ2) is 6.77. The van der Waals surface area contributed by atoms with Gasteiger partial charge in [-0.3, -0.25) is 4.79 Å². The molecule has 0 aromatic heterocycles. The van der Waals surface area contributed by atoms with Gasteiger partial charge in [0.25, 0.3) is 0 Å². The van der Waals surface area contributed by atoms with Gasteiger partial charge in [-0.1, -0.05) is 25.1 Å². The fourth-order valence-corrected chi connectivity index (χ4v) is 1.26. The maximum atomic E-state index is 12.6. The van der Waals surface area contributed by atoms with Crippen molar-refractivity contribution in [1.29, 1.82) is 0 Å². The molecular formula is C13H16FNO. The number of halogens is 1. The van der Waals surface area contributed by atoms with E-state index >= 15 is 0 Å². The van der Waals surface area contributed by atoms with Crippen LogP contribution in [0.2, 0.25) is 0 Å². The lowest BCUT2D eigenvalue weighted by molar-refractivity contribution is -0.116. The van der Waals surface area contributed by atoms with Crippen molar-refractivity contribution in [2.45, 2.75) is 19.8 Å². The zero-order valence-electron chi connectivity index (χ0n) is 9.37. The number of benzene rings is 1. The number of carbonyl (C=O) groups excluding carboxylic acids is 1. The van der Waals surface area contributed by atoms with E-state index in [-0.39, 0.29) is 11.7 Å². The molecule has 16 heavy (non-hydrogen) atoms. The van der Waals surface area contributed by atoms with Crippen LogP contribution >= 0.6 is 0 Å². The Morgan fingerprint density at radius 2 is 2.06 bits per heavy atom. The van der Waals surface area contributed by atoms with Crippen LogP contribution < -0.4 is 5.32 Å². The van der Waals surface area contributed by atoms with Crippen molar-refractivity contribution in [2.75, 3.05) is 6.54 Å². The predicted octanol–water partition coefficient (Wildman–Crippen LogP) is 2.45. The molecule has 1 N–H and O–H groups in total. The molecule has 0 radical (unpaired) electrons. The highest BCUT2D eigenvalue weighted by Crippen LogP contribution is 2.02. The molecule has 3 heteroatoms. The first-order valence-corrected chi connectivity index (χ1v) is 5.41. The zero-order valence-corrected chi connectivity index (χ0v) is 9.37. The van der Waals surface area contributed by atoms with Crippen LogP contribution in [0.3, 0.4) is 0 Å². The van der Waals surface area contributed by atoms with Gasteiger partial charge in [0.05, 0.1) is 0 Å². The van der Waals surface area contributed by atoms with Gasteiger partial charge < -0.3 is 5.32 Å². The monoisotopic (exact) mass is 221 g/mol. The number of hydrogen-bond acceptors (Lipinski definition) is 1. The number of amides is 1. The van der Waals surface area contributed by atoms with Crippen LogP contribution in [-0.2, 0) is 11.2 Å². The van der Waals surface area contributed by atoms with E-state index in [9.17, 15) is 9.18 Å². The summed E-state index contributed by atoms with van der Waals surface area (Å²) in [5, 5.41) is 2.76. The number of hydrogen-bond donors (Lipinski definition) is 1. The molecule has 0 atom stereocenters. The summed E-state index contributed by atoms with van der Waals surface area (Å²) in [6, 6.07) is 6.30. The first-order valence-electron chi connectivity index (χ1n) is 5.41. The van der Waals surface area contributed by atoms with E-state index in [4.69, 9.17) is 0 Å². The van der Waals surface area contributed by atoms with E-state index in [0.29, 0.717) is 13.0 Å². The third kappa shape index (κ3) is 4.73. The van der Waals surface area contributed by atoms with Crippen molar-refractivity contribution in [3.63, 3.8) is 0 Å². The fourth-order valence-electron chi connectivity index (χ4n) is 1.26. The van der Waals surface area contributed by atoms with E-state index < -0.39 is 0 Å². The predicted molar refractivity (Wildman–Crippen MR) is 62.5 cm³/mol. The molecule has 0 aliphatic rings. The molecular weight excluding hydrogens is 205 g/mol. The molecule has 0 saturated carbocycles. The molecule has 0 spiro atoms. The summed E-state index contributed by atoms with van der Waals surface area (Å²) >= 11 is 0. The summed E-state index contributed by atoms with van der Waals surface area (Å²) in [6.07, 6.45) is 4.91. The summed E-state index contributed by atoms with van der Waals surface area (Å²) in [5.41, 5.74) is 1.01. The lowest BCUT2D eigenvalue weighted by Gasteiger charge is -2.02. The smallest absolute Gasteiger partial charge is 0.243 e. The fraction of sp³-hybridized carbons (Fsp3) is 0.308. The highest BCUT2D eigenvalue weighted by molar-refractivity contribution is 5.87. The quantitative estimate of drug-likeness (QED) is 0.760. The van der Waals surface area contributed by atoms with Gasteiger partial charge in [-0.2, -0.15) is 0 Å². The lowest BCUT2D eigenvalue weighted by Crippen LogP contribution is -2.23. The number of rotatable bonds is 5. The van der Waals surface area contributed by atoms with Crippen molar-refractivity contribution < 1.29 is 9.18 Å². The van der Waals surface area contributed by atoms with E-state index in [0.717, 1.165) is 12.0 Å². The Morgan fingerprint density at radius 1 is 1.38 bits per heavy atom. The topological polar surface area (TPSA) is 29.1 Å². The van der Waals surface area contributed by atoms with Gasteiger partial charge in [-0.25, -0.2) is 4.39 Å². The van der Waals surface area contributed by atoms with Crippen LogP contribution in [0.5, 0.6) is 0 Å². The molecule has 0 fully saturated rings. The Kier molecular flexibility index (Phi) is 5.26. The van der Waals surface area contributed by atoms with Crippen LogP contribution in [0.25, 0.3) is 0 Å². The molecule has 0 aliphatic carbocycles. The Hall–Kier alpha value is -1.64. The second-order valence-corrected chi connectivity index (χ2v) is 3.48. The van der Waals surface area contributed by atoms with Crippen LogP contribution in [0.15, 0.2) is 36.4 Å². The summed E-state index contributed by atoms with van der Waals surface area (Å²) < 4.78 is 12.6. The highest BCUT2D eigenvalue weighted by atomic mass is 19.1. The second-order valence-electron chi connectivity index (χ2n) is 3.48. The molecule has 0 heterocycles. The maximum Gasteiger partial charge on any atom is 0.243 e. The standard InChI is InChI=1S/C13H16FNO/c1-2-3-4-13(16)15-10-9-11-5-7-12(14)8-6-11/h3-8H,2,9-10H2,1H3,(H,15,16)/b4-3+. The molecule has 0 unspecified atom stereocenters. The highest BCUT2D eigenvalue weighted by Gasteiger charge is 1.96. The first-order chi connectivity index (χ1) is 7.72. The summed E-state index contributed by atoms with van der Waals surface area (Å²) in [4.78, 5) is 11.2. The Balaban J connectivity index is 2.28. The van der Waals surface area contributed by atoms with Crippen LogP contribution in [0.1, 0.15) is 18.9 Å². The summed E-state index contributed by atoms with van der Waals surface area (Å²) in [6.45, 7) is 2.54. The van der Waals surface area contributed by atoms with Gasteiger partial charge in [-0.15, -0.1) is 0 Å². The molecule has 0 aliphatic heterocycles. The molecule has 0 bridgehead atoms. The Bertz CT molecular complexity index is 357. The SMILES string of the molecule is CC/C=C/C(=O)NCCc1ccc(F)cc1. The van der Waals surface area contributed by atoms with Crippen molar-refractivity contribution in [1.82, 2.24) is 5.32 Å². The number of nitrogens with one attached hydrogen (secondary N) is 1. The van der Waals surface area contributed by atoms with Crippen molar-refractivity contribution in [2.24, 2.45) is 0 Å². The van der Waals surface area contributed by atoms with Crippen LogP contribution in [0, 0.1) is 5.82 Å². The molecule has 86 valence electrons. The minimum Gasteiger partial charge on any atom is -0.352 e. The number of allylic oxidation sites excluding steroid dienone is 1. The minimum absolute atomic E-state index is 0.0797. The van der Waals surface area contributed by atoms with Crippen molar-refractivity contribution in [3.8, 4) is 0 Å². The van der Waals surface area contributed by atoms with Gasteiger partial charge in [0.1, 0.15) is 5.82 Å². The average molecular weight is 221 g/mol. The Morgan fingerprint density at radius 3 is 2.69 bits per heavy atom. The molecule has 1 amide bonds. The van der Waals surface area contributed by atoms with Crippen molar-refractivity contribution in [3.05, 3.63) is 47.8 Å². The summed E-state index contributed by atoms with van der Waals surface area (Å²) in [7, 11) is 0. The maximum absolute atomic E-state index is 12.6. The van der Waals surface area contributed by atoms with E-state index in [1.54, 1.807) is 12.1 Å². The van der Waals surface area contributed by atoms with Crippen molar-refractivity contribution >= 4 is 5.91 Å². The zero-order chi connectivity index (χ0) is 11.8. The Labute approximate surface area is 95.2 Å². The van der Waals surface area contributed by atoms with Gasteiger partial charge >= 0.3 is 0 Å². The number of carbonyl (C=O) groups is 1. The third-order valence-electron chi connectivity index (χ3n) is 2.13. The third-order valence-corrected chi connectivity index (χ3v) is 2.13. The lowest BCUT2D eigenvalue weighted by atomic mass is 10.1. The van der Waals surface area contributed by atoms with Crippen LogP contribution in [-0.4, -0.2) is 12.5 Å². The normalized spacial score (nSPS) is 10.6. The molecule has 0 saturated heterocycles. The van der Waals surface area contributed by atoms with E-state index in [1.807, 2.05) is 13.0 Å². The molecule has 2 nitrogen and oxygen atoms in total. The van der Waals surface area contributed by atoms with Gasteiger partial charge in [0, 0.05) is 6.54 Å². The molecule has 1 aromatic carbocycles. The van der Waals surface area contributed by atoms with E-state index in [2.05, 4.69) is 5.32 Å². The van der Waals surface area contributed by atoms with Crippen LogP contribution in [0.4, 0.5) is 4.39 Å². The van der Waals surface area contributed by atoms with Gasteiger partial charge in [0.15, 0.2) is 0 Å². The summed E-state index contributed by atoms with van der Waals surface area (Å²) in [5.74, 6) is -0.317. The van der Waals surface area contributed by atoms with Gasteiger partial charge in [-0.05, 0) is 36.6 Å². The average Bonchev–Trinajstić information content (AvgIpc) is 2.29. The minimum atomic E-state index is -0.237.